The lowest BCUT2D eigenvalue weighted by Gasteiger charge is -2.15. The summed E-state index contributed by atoms with van der Waals surface area (Å²) < 4.78 is 26.4. The van der Waals surface area contributed by atoms with Gasteiger partial charge in [0, 0.05) is 39.8 Å². The predicted molar refractivity (Wildman–Crippen MR) is 91.1 cm³/mol. The van der Waals surface area contributed by atoms with Gasteiger partial charge in [-0.05, 0) is 6.04 Å². The van der Waals surface area contributed by atoms with E-state index in [9.17, 15) is 9.50 Å². The fraction of sp³-hybridized carbons (Fsp3) is 0.562. The Balaban J connectivity index is 2.27. The molecule has 0 amide bonds. The molecule has 0 unspecified atom stereocenters. The van der Waals surface area contributed by atoms with E-state index in [2.05, 4.69) is 24.7 Å². The number of nitrogens with zero attached hydrogens (tertiary/aromatic N) is 2. The topological polar surface area (TPSA) is 56.5 Å². The lowest BCUT2D eigenvalue weighted by atomic mass is 10.1. The van der Waals surface area contributed by atoms with Crippen molar-refractivity contribution in [2.45, 2.75) is 38.8 Å². The van der Waals surface area contributed by atoms with E-state index in [1.54, 1.807) is 4.68 Å². The van der Waals surface area contributed by atoms with Gasteiger partial charge in [0.15, 0.2) is 0 Å². The average Bonchev–Trinajstić information content (AvgIpc) is 2.80. The van der Waals surface area contributed by atoms with Crippen LogP contribution in [0.1, 0.15) is 5.69 Å². The van der Waals surface area contributed by atoms with Crippen molar-refractivity contribution in [1.82, 2.24) is 9.78 Å². The zero-order chi connectivity index (χ0) is 17.0. The third-order valence-corrected chi connectivity index (χ3v) is 5.34. The van der Waals surface area contributed by atoms with Crippen LogP contribution in [0, 0.1) is 5.82 Å². The minimum absolute atomic E-state index is 0.0247. The summed E-state index contributed by atoms with van der Waals surface area (Å²) in [6, 6.07) is 3.82. The smallest absolute Gasteiger partial charge is 0.140 e. The SMILES string of the molecule is COc1cc(F)cc2c1c(CCO)nn2COCC[Si](C)(C)C. The summed E-state index contributed by atoms with van der Waals surface area (Å²) in [4.78, 5) is 0. The van der Waals surface area contributed by atoms with Gasteiger partial charge in [0.1, 0.15) is 18.3 Å². The second kappa shape index (κ2) is 7.42. The molecule has 0 radical (unpaired) electrons. The molecule has 2 aromatic rings. The highest BCUT2D eigenvalue weighted by Crippen LogP contribution is 2.30. The normalized spacial score (nSPS) is 12.1. The van der Waals surface area contributed by atoms with Crippen LogP contribution in [0.25, 0.3) is 10.9 Å². The minimum Gasteiger partial charge on any atom is -0.496 e. The maximum Gasteiger partial charge on any atom is 0.140 e. The van der Waals surface area contributed by atoms with E-state index in [0.29, 0.717) is 30.0 Å². The average molecular weight is 340 g/mol. The predicted octanol–water partition coefficient (Wildman–Crippen LogP) is 3.03. The van der Waals surface area contributed by atoms with Crippen LogP contribution >= 0.6 is 0 Å². The molecule has 0 saturated carbocycles. The molecule has 128 valence electrons. The van der Waals surface area contributed by atoms with Crippen LogP contribution in [0.3, 0.4) is 0 Å². The van der Waals surface area contributed by atoms with Gasteiger partial charge in [-0.1, -0.05) is 19.6 Å². The Morgan fingerprint density at radius 1 is 1.30 bits per heavy atom. The molecule has 1 aromatic heterocycles. The molecule has 23 heavy (non-hydrogen) atoms. The van der Waals surface area contributed by atoms with Gasteiger partial charge in [-0.15, -0.1) is 0 Å². The first-order valence-electron chi connectivity index (χ1n) is 7.77. The molecule has 0 bridgehead atoms. The molecule has 5 nitrogen and oxygen atoms in total. The molecule has 0 spiro atoms. The Bertz CT molecular complexity index is 667. The molecule has 2 rings (SSSR count). The molecule has 0 aliphatic heterocycles. The van der Waals surface area contributed by atoms with Gasteiger partial charge in [-0.25, -0.2) is 9.07 Å². The molecular formula is C16H25FN2O3Si. The molecule has 7 heteroatoms. The molecule has 0 saturated heterocycles. The van der Waals surface area contributed by atoms with Crippen molar-refractivity contribution in [3.05, 3.63) is 23.6 Å². The quantitative estimate of drug-likeness (QED) is 0.593. The van der Waals surface area contributed by atoms with Crippen LogP contribution in [-0.4, -0.2) is 43.3 Å². The fourth-order valence-electron chi connectivity index (χ4n) is 2.38. The molecule has 0 atom stereocenters. The standard InChI is InChI=1S/C16H25FN2O3Si/c1-21-15-10-12(17)9-14-16(15)13(5-6-20)18-19(14)11-22-7-8-23(2,3)4/h9-10,20H,5-8,11H2,1-4H3. The van der Waals surface area contributed by atoms with Crippen LogP contribution in [0.2, 0.25) is 25.7 Å². The van der Waals surface area contributed by atoms with Gasteiger partial charge < -0.3 is 14.6 Å². The minimum atomic E-state index is -1.15. The molecule has 1 heterocycles. The van der Waals surface area contributed by atoms with Crippen LogP contribution in [0.5, 0.6) is 5.75 Å². The van der Waals surface area contributed by atoms with Crippen molar-refractivity contribution in [2.75, 3.05) is 20.3 Å². The number of halogens is 1. The lowest BCUT2D eigenvalue weighted by Crippen LogP contribution is -2.22. The molecular weight excluding hydrogens is 315 g/mol. The van der Waals surface area contributed by atoms with Gasteiger partial charge in [-0.3, -0.25) is 0 Å². The Hall–Kier alpha value is -1.44. The highest BCUT2D eigenvalue weighted by atomic mass is 28.3. The van der Waals surface area contributed by atoms with Crippen molar-refractivity contribution in [3.8, 4) is 5.75 Å². The Morgan fingerprint density at radius 3 is 2.65 bits per heavy atom. The fourth-order valence-corrected chi connectivity index (χ4v) is 3.14. The highest BCUT2D eigenvalue weighted by Gasteiger charge is 2.17. The van der Waals surface area contributed by atoms with Crippen molar-refractivity contribution in [3.63, 3.8) is 0 Å². The van der Waals surface area contributed by atoms with E-state index in [-0.39, 0.29) is 19.2 Å². The number of hydrogen-bond acceptors (Lipinski definition) is 4. The first-order chi connectivity index (χ1) is 10.9. The van der Waals surface area contributed by atoms with Crippen molar-refractivity contribution < 1.29 is 19.0 Å². The van der Waals surface area contributed by atoms with Crippen LogP contribution in [0.4, 0.5) is 4.39 Å². The van der Waals surface area contributed by atoms with E-state index in [4.69, 9.17) is 9.47 Å². The summed E-state index contributed by atoms with van der Waals surface area (Å²) in [5.74, 6) is 0.0462. The first-order valence-corrected chi connectivity index (χ1v) is 11.5. The van der Waals surface area contributed by atoms with Gasteiger partial charge in [-0.2, -0.15) is 5.10 Å². The number of rotatable bonds is 8. The summed E-state index contributed by atoms with van der Waals surface area (Å²) in [6.45, 7) is 7.78. The van der Waals surface area contributed by atoms with Crippen molar-refractivity contribution in [1.29, 1.82) is 0 Å². The van der Waals surface area contributed by atoms with E-state index in [0.717, 1.165) is 11.4 Å². The van der Waals surface area contributed by atoms with Gasteiger partial charge >= 0.3 is 0 Å². The lowest BCUT2D eigenvalue weighted by molar-refractivity contribution is 0.0813. The third-order valence-electron chi connectivity index (χ3n) is 3.63. The number of fused-ring (bicyclic) bond motifs is 1. The second-order valence-corrected chi connectivity index (χ2v) is 12.4. The molecule has 1 aromatic carbocycles. The number of aliphatic hydroxyl groups excluding tert-OH is 1. The zero-order valence-electron chi connectivity index (χ0n) is 14.2. The molecule has 0 aliphatic rings. The van der Waals surface area contributed by atoms with Gasteiger partial charge in [0.25, 0.3) is 0 Å². The number of aromatic nitrogens is 2. The van der Waals surface area contributed by atoms with Gasteiger partial charge in [0.05, 0.1) is 23.7 Å². The van der Waals surface area contributed by atoms with Crippen LogP contribution < -0.4 is 4.74 Å². The monoisotopic (exact) mass is 340 g/mol. The zero-order valence-corrected chi connectivity index (χ0v) is 15.2. The highest BCUT2D eigenvalue weighted by molar-refractivity contribution is 6.76. The number of hydrogen-bond donors (Lipinski definition) is 1. The molecule has 1 N–H and O–H groups in total. The summed E-state index contributed by atoms with van der Waals surface area (Å²) in [6.07, 6.45) is 0.389. The summed E-state index contributed by atoms with van der Waals surface area (Å²) in [5, 5.41) is 14.4. The van der Waals surface area contributed by atoms with E-state index < -0.39 is 8.07 Å². The first kappa shape index (κ1) is 17.9. The summed E-state index contributed by atoms with van der Waals surface area (Å²) >= 11 is 0. The molecule has 0 fully saturated rings. The number of benzene rings is 1. The number of aliphatic hydroxyl groups is 1. The van der Waals surface area contributed by atoms with E-state index in [1.165, 1.54) is 19.2 Å². The maximum atomic E-state index is 13.8. The second-order valence-electron chi connectivity index (χ2n) is 6.77. The summed E-state index contributed by atoms with van der Waals surface area (Å²) in [7, 11) is 0.351. The van der Waals surface area contributed by atoms with Gasteiger partial charge in [0.2, 0.25) is 0 Å². The van der Waals surface area contributed by atoms with E-state index in [1.807, 2.05) is 0 Å². The van der Waals surface area contributed by atoms with E-state index >= 15 is 0 Å². The Kier molecular flexibility index (Phi) is 5.77. The van der Waals surface area contributed by atoms with Crippen molar-refractivity contribution in [2.24, 2.45) is 0 Å². The largest absolute Gasteiger partial charge is 0.496 e. The van der Waals surface area contributed by atoms with Crippen molar-refractivity contribution >= 4 is 19.0 Å². The van der Waals surface area contributed by atoms with Crippen LogP contribution in [0.15, 0.2) is 12.1 Å². The Labute approximate surface area is 137 Å². The third kappa shape index (κ3) is 4.52. The Morgan fingerprint density at radius 2 is 2.04 bits per heavy atom. The number of methoxy groups -OCH3 is 1. The summed E-state index contributed by atoms with van der Waals surface area (Å²) in [5.41, 5.74) is 1.31. The number of ether oxygens (including phenoxy) is 2. The maximum absolute atomic E-state index is 13.8. The molecule has 0 aliphatic carbocycles. The van der Waals surface area contributed by atoms with Crippen LogP contribution in [-0.2, 0) is 17.9 Å².